The van der Waals surface area contributed by atoms with Crippen LogP contribution in [0.25, 0.3) is 22.0 Å². The van der Waals surface area contributed by atoms with Crippen molar-refractivity contribution in [2.24, 2.45) is 5.10 Å². The van der Waals surface area contributed by atoms with Crippen LogP contribution < -0.4 is 20.2 Å². The topological polar surface area (TPSA) is 84.8 Å². The van der Waals surface area contributed by atoms with Gasteiger partial charge in [-0.15, -0.1) is 11.3 Å². The molecule has 6 rings (SSSR count). The monoisotopic (exact) mass is 758 g/mol. The van der Waals surface area contributed by atoms with Crippen molar-refractivity contribution in [3.63, 3.8) is 0 Å². The molecule has 0 fully saturated rings. The number of nitrogens with one attached hydrogen (secondary N) is 2. The molecule has 230 valence electrons. The minimum Gasteiger partial charge on any atom is -0.490 e. The van der Waals surface area contributed by atoms with E-state index in [0.717, 1.165) is 36.8 Å². The van der Waals surface area contributed by atoms with Crippen molar-refractivity contribution in [1.82, 2.24) is 10.4 Å². The minimum absolute atomic E-state index is 0.318. The lowest BCUT2D eigenvalue weighted by molar-refractivity contribution is 0.0955. The number of carbonyl (C=O) groups excluding carboxylic acids is 1. The van der Waals surface area contributed by atoms with Gasteiger partial charge >= 0.3 is 0 Å². The summed E-state index contributed by atoms with van der Waals surface area (Å²) in [5, 5.41) is 13.2. The number of thiazole rings is 1. The van der Waals surface area contributed by atoms with Gasteiger partial charge in [-0.25, -0.2) is 10.4 Å². The number of aromatic nitrogens is 1. The summed E-state index contributed by atoms with van der Waals surface area (Å²) in [6.45, 7) is 2.82. The Morgan fingerprint density at radius 1 is 0.957 bits per heavy atom. The van der Waals surface area contributed by atoms with E-state index in [1.807, 2.05) is 73.0 Å². The minimum atomic E-state index is -0.318. The molecule has 0 atom stereocenters. The van der Waals surface area contributed by atoms with Crippen LogP contribution in [0.4, 0.5) is 10.8 Å². The summed E-state index contributed by atoms with van der Waals surface area (Å²) in [4.78, 5) is 17.5. The van der Waals surface area contributed by atoms with Crippen molar-refractivity contribution in [2.75, 3.05) is 11.9 Å². The molecular formula is C36H28ClIN4O3S. The number of hydrogen-bond acceptors (Lipinski definition) is 7. The molecule has 2 N–H and O–H groups in total. The lowest BCUT2D eigenvalue weighted by atomic mass is 10.1. The molecule has 0 aliphatic carbocycles. The molecule has 1 aromatic heterocycles. The predicted molar refractivity (Wildman–Crippen MR) is 196 cm³/mol. The van der Waals surface area contributed by atoms with Gasteiger partial charge < -0.3 is 14.8 Å². The van der Waals surface area contributed by atoms with Crippen molar-refractivity contribution in [3.05, 3.63) is 134 Å². The summed E-state index contributed by atoms with van der Waals surface area (Å²) in [6.07, 6.45) is 1.59. The molecule has 5 aromatic carbocycles. The Hall–Kier alpha value is -4.45. The third-order valence-electron chi connectivity index (χ3n) is 6.95. The average Bonchev–Trinajstić information content (AvgIpc) is 3.54. The fourth-order valence-corrected chi connectivity index (χ4v) is 6.34. The molecule has 0 bridgehead atoms. The van der Waals surface area contributed by atoms with Gasteiger partial charge in [-0.1, -0.05) is 60.1 Å². The molecule has 0 aliphatic heterocycles. The third kappa shape index (κ3) is 7.85. The summed E-state index contributed by atoms with van der Waals surface area (Å²) < 4.78 is 13.0. The average molecular weight is 759 g/mol. The highest BCUT2D eigenvalue weighted by Gasteiger charge is 2.13. The van der Waals surface area contributed by atoms with Crippen molar-refractivity contribution in [3.8, 4) is 22.8 Å². The number of fused-ring (bicyclic) bond motifs is 1. The summed E-state index contributed by atoms with van der Waals surface area (Å²) in [5.41, 5.74) is 7.56. The van der Waals surface area contributed by atoms with E-state index in [2.05, 4.69) is 73.8 Å². The highest BCUT2D eigenvalue weighted by Crippen LogP contribution is 2.35. The van der Waals surface area contributed by atoms with Gasteiger partial charge in [0.2, 0.25) is 0 Å². The first-order valence-electron chi connectivity index (χ1n) is 14.4. The lowest BCUT2D eigenvalue weighted by Crippen LogP contribution is -2.17. The van der Waals surface area contributed by atoms with E-state index < -0.39 is 0 Å². The Morgan fingerprint density at radius 2 is 1.74 bits per heavy atom. The normalized spacial score (nSPS) is 11.1. The van der Waals surface area contributed by atoms with Gasteiger partial charge in [-0.3, -0.25) is 4.79 Å². The van der Waals surface area contributed by atoms with Gasteiger partial charge in [0, 0.05) is 27.2 Å². The van der Waals surface area contributed by atoms with Crippen molar-refractivity contribution in [2.45, 2.75) is 13.5 Å². The molecule has 7 nitrogen and oxygen atoms in total. The van der Waals surface area contributed by atoms with Crippen LogP contribution in [0.15, 0.2) is 114 Å². The largest absolute Gasteiger partial charge is 0.490 e. The fourth-order valence-electron chi connectivity index (χ4n) is 4.69. The molecule has 0 saturated heterocycles. The highest BCUT2D eigenvalue weighted by atomic mass is 127. The van der Waals surface area contributed by atoms with E-state index in [0.29, 0.717) is 35.3 Å². The van der Waals surface area contributed by atoms with Crippen molar-refractivity contribution in [1.29, 1.82) is 0 Å². The maximum atomic E-state index is 12.8. The Bertz CT molecular complexity index is 2010. The number of hydrogen-bond donors (Lipinski definition) is 2. The standard InChI is InChI=1S/C36H28ClIN4O3S/c1-2-44-33-19-24(18-31(38)34(33)45-21-23-7-8-25-5-3-4-6-28(25)17-23)20-39-42-35(43)27-11-9-26(10-12-27)32-22-46-36(41-32)40-30-15-13-29(37)14-16-30/h3-20,22H,2,21H2,1H3,(H,40,41)(H,42,43)/b39-20-. The summed E-state index contributed by atoms with van der Waals surface area (Å²) in [5.74, 6) is 0.971. The summed E-state index contributed by atoms with van der Waals surface area (Å²) in [7, 11) is 0. The van der Waals surface area contributed by atoms with Crippen LogP contribution in [0.1, 0.15) is 28.4 Å². The van der Waals surface area contributed by atoms with Crippen LogP contribution in [0.5, 0.6) is 11.5 Å². The van der Waals surface area contributed by atoms with Crippen LogP contribution in [0.3, 0.4) is 0 Å². The first-order chi connectivity index (χ1) is 22.4. The van der Waals surface area contributed by atoms with Crippen molar-refractivity contribution >= 4 is 79.2 Å². The van der Waals surface area contributed by atoms with E-state index in [4.69, 9.17) is 21.1 Å². The Labute approximate surface area is 289 Å². The molecule has 0 aliphatic rings. The number of ether oxygens (including phenoxy) is 2. The Morgan fingerprint density at radius 3 is 2.52 bits per heavy atom. The smallest absolute Gasteiger partial charge is 0.271 e. The second-order valence-electron chi connectivity index (χ2n) is 10.2. The molecule has 0 saturated carbocycles. The van der Waals surface area contributed by atoms with E-state index in [1.54, 1.807) is 18.3 Å². The summed E-state index contributed by atoms with van der Waals surface area (Å²) in [6, 6.07) is 33.0. The Balaban J connectivity index is 1.07. The predicted octanol–water partition coefficient (Wildman–Crippen LogP) is 9.71. The lowest BCUT2D eigenvalue weighted by Gasteiger charge is -2.15. The van der Waals surface area contributed by atoms with Gasteiger partial charge in [-0.2, -0.15) is 5.10 Å². The number of nitrogens with zero attached hydrogens (tertiary/aromatic N) is 2. The zero-order valence-electron chi connectivity index (χ0n) is 24.7. The van der Waals surface area contributed by atoms with E-state index in [9.17, 15) is 4.79 Å². The molecule has 46 heavy (non-hydrogen) atoms. The molecule has 0 radical (unpaired) electrons. The van der Waals surface area contributed by atoms with E-state index in [1.165, 1.54) is 22.1 Å². The number of amides is 1. The van der Waals surface area contributed by atoms with E-state index in [-0.39, 0.29) is 5.91 Å². The molecule has 1 amide bonds. The highest BCUT2D eigenvalue weighted by molar-refractivity contribution is 14.1. The number of carbonyl (C=O) groups is 1. The molecule has 0 spiro atoms. The maximum absolute atomic E-state index is 12.8. The number of hydrazone groups is 1. The first kappa shape index (κ1) is 31.5. The van der Waals surface area contributed by atoms with E-state index >= 15 is 0 Å². The van der Waals surface area contributed by atoms with Crippen LogP contribution in [0, 0.1) is 3.57 Å². The third-order valence-corrected chi connectivity index (χ3v) is 8.76. The first-order valence-corrected chi connectivity index (χ1v) is 16.8. The second-order valence-corrected chi connectivity index (χ2v) is 12.6. The number of anilines is 2. The second kappa shape index (κ2) is 14.8. The maximum Gasteiger partial charge on any atom is 0.271 e. The number of rotatable bonds is 11. The number of benzene rings is 5. The van der Waals surface area contributed by atoms with Crippen LogP contribution >= 0.6 is 45.5 Å². The van der Waals surface area contributed by atoms with Crippen LogP contribution in [-0.2, 0) is 6.61 Å². The molecule has 0 unspecified atom stereocenters. The quantitative estimate of drug-likeness (QED) is 0.0781. The number of halogens is 2. The molecule has 6 aromatic rings. The molecule has 1 heterocycles. The Kier molecular flexibility index (Phi) is 10.1. The van der Waals surface area contributed by atoms with Crippen LogP contribution in [-0.4, -0.2) is 23.7 Å². The van der Waals surface area contributed by atoms with Gasteiger partial charge in [0.1, 0.15) is 6.61 Å². The summed E-state index contributed by atoms with van der Waals surface area (Å²) >= 11 is 9.70. The van der Waals surface area contributed by atoms with Gasteiger partial charge in [0.25, 0.3) is 5.91 Å². The molecular weight excluding hydrogens is 731 g/mol. The fraction of sp³-hybridized carbons (Fsp3) is 0.0833. The zero-order valence-corrected chi connectivity index (χ0v) is 28.4. The van der Waals surface area contributed by atoms with Gasteiger partial charge in [0.05, 0.1) is 22.1 Å². The van der Waals surface area contributed by atoms with Crippen LogP contribution in [0.2, 0.25) is 5.02 Å². The zero-order chi connectivity index (χ0) is 31.9. The van der Waals surface area contributed by atoms with Crippen molar-refractivity contribution < 1.29 is 14.3 Å². The molecule has 10 heteroatoms. The SMILES string of the molecule is CCOc1cc(/C=N\NC(=O)c2ccc(-c3csc(Nc4ccc(Cl)cc4)n3)cc2)cc(I)c1OCc1ccc2ccccc2c1. The van der Waals surface area contributed by atoms with Gasteiger partial charge in [0.15, 0.2) is 16.6 Å². The van der Waals surface area contributed by atoms with Gasteiger partial charge in [-0.05, 0) is 106 Å².